The molecule has 1 N–H and O–H groups in total. The standard InChI is InChI=1S/C16H13ClFNO2/c1-10(20)14-7-13(17)3-5-16(14)21-9-12-6-11(8-19)2-4-15(12)18/h2-7,10,20H,9H2,1H3/t10-/m1/s1. The van der Waals surface area contributed by atoms with E-state index in [1.54, 1.807) is 25.1 Å². The van der Waals surface area contributed by atoms with Crippen LogP contribution in [0.1, 0.15) is 29.7 Å². The second-order valence-corrected chi connectivity index (χ2v) is 5.00. The number of halogens is 2. The second kappa shape index (κ2) is 6.57. The normalized spacial score (nSPS) is 11.8. The van der Waals surface area contributed by atoms with Crippen molar-refractivity contribution in [1.29, 1.82) is 5.26 Å². The van der Waals surface area contributed by atoms with Crippen molar-refractivity contribution in [3.8, 4) is 11.8 Å². The van der Waals surface area contributed by atoms with Gasteiger partial charge in [0.1, 0.15) is 18.2 Å². The molecule has 0 aliphatic carbocycles. The molecule has 0 aromatic heterocycles. The number of nitrogens with zero attached hydrogens (tertiary/aromatic N) is 1. The fraction of sp³-hybridized carbons (Fsp3) is 0.188. The highest BCUT2D eigenvalue weighted by molar-refractivity contribution is 6.30. The Morgan fingerprint density at radius 2 is 2.10 bits per heavy atom. The molecule has 0 amide bonds. The zero-order valence-corrected chi connectivity index (χ0v) is 12.1. The van der Waals surface area contributed by atoms with Crippen molar-refractivity contribution in [2.45, 2.75) is 19.6 Å². The molecule has 2 aromatic carbocycles. The fourth-order valence-electron chi connectivity index (χ4n) is 1.89. The van der Waals surface area contributed by atoms with Gasteiger partial charge in [-0.3, -0.25) is 0 Å². The third kappa shape index (κ3) is 3.72. The number of nitriles is 1. The molecule has 2 aromatic rings. The summed E-state index contributed by atoms with van der Waals surface area (Å²) in [6.45, 7) is 1.55. The number of aliphatic hydroxyl groups excluding tert-OH is 1. The van der Waals surface area contributed by atoms with Crippen LogP contribution in [0.5, 0.6) is 5.75 Å². The van der Waals surface area contributed by atoms with E-state index in [2.05, 4.69) is 0 Å². The first-order chi connectivity index (χ1) is 10.0. The molecule has 3 nitrogen and oxygen atoms in total. The van der Waals surface area contributed by atoms with Crippen LogP contribution in [0.15, 0.2) is 36.4 Å². The molecule has 0 saturated carbocycles. The van der Waals surface area contributed by atoms with Crippen molar-refractivity contribution >= 4 is 11.6 Å². The van der Waals surface area contributed by atoms with Crippen LogP contribution in [0.25, 0.3) is 0 Å². The largest absolute Gasteiger partial charge is 0.488 e. The third-order valence-electron chi connectivity index (χ3n) is 2.98. The molecule has 0 heterocycles. The number of ether oxygens (including phenoxy) is 1. The van der Waals surface area contributed by atoms with Crippen molar-refractivity contribution in [2.75, 3.05) is 0 Å². The number of rotatable bonds is 4. The van der Waals surface area contributed by atoms with E-state index in [1.165, 1.54) is 18.2 Å². The van der Waals surface area contributed by atoms with Gasteiger partial charge in [-0.15, -0.1) is 0 Å². The lowest BCUT2D eigenvalue weighted by atomic mass is 10.1. The minimum absolute atomic E-state index is 0.0390. The van der Waals surface area contributed by atoms with Gasteiger partial charge in [0.05, 0.1) is 17.7 Å². The zero-order valence-electron chi connectivity index (χ0n) is 11.3. The molecule has 1 atom stereocenters. The van der Waals surface area contributed by atoms with Gasteiger partial charge in [-0.1, -0.05) is 11.6 Å². The van der Waals surface area contributed by atoms with E-state index < -0.39 is 11.9 Å². The predicted octanol–water partition coefficient (Wildman–Crippen LogP) is 3.98. The van der Waals surface area contributed by atoms with Crippen LogP contribution in [-0.4, -0.2) is 5.11 Å². The summed E-state index contributed by atoms with van der Waals surface area (Å²) in [4.78, 5) is 0. The summed E-state index contributed by atoms with van der Waals surface area (Å²) in [7, 11) is 0. The minimum atomic E-state index is -0.756. The highest BCUT2D eigenvalue weighted by Crippen LogP contribution is 2.29. The first-order valence-corrected chi connectivity index (χ1v) is 6.68. The molecular formula is C16H13ClFNO2. The Hall–Kier alpha value is -2.09. The van der Waals surface area contributed by atoms with Crippen LogP contribution >= 0.6 is 11.6 Å². The van der Waals surface area contributed by atoms with Crippen LogP contribution < -0.4 is 4.74 Å². The van der Waals surface area contributed by atoms with E-state index in [0.29, 0.717) is 21.9 Å². The third-order valence-corrected chi connectivity index (χ3v) is 3.22. The molecule has 0 radical (unpaired) electrons. The van der Waals surface area contributed by atoms with Crippen molar-refractivity contribution < 1.29 is 14.2 Å². The molecule has 0 saturated heterocycles. The summed E-state index contributed by atoms with van der Waals surface area (Å²) in [6, 6.07) is 10.9. The van der Waals surface area contributed by atoms with Gasteiger partial charge in [-0.05, 0) is 43.3 Å². The smallest absolute Gasteiger partial charge is 0.129 e. The Morgan fingerprint density at radius 3 is 2.76 bits per heavy atom. The molecule has 0 fully saturated rings. The molecule has 2 rings (SSSR count). The van der Waals surface area contributed by atoms with Crippen LogP contribution in [0, 0.1) is 17.1 Å². The Labute approximate surface area is 127 Å². The molecule has 0 aliphatic rings. The Balaban J connectivity index is 2.23. The molecule has 108 valence electrons. The summed E-state index contributed by atoms with van der Waals surface area (Å²) in [5.74, 6) is -0.0160. The summed E-state index contributed by atoms with van der Waals surface area (Å²) in [5.41, 5.74) is 1.17. The monoisotopic (exact) mass is 305 g/mol. The van der Waals surface area contributed by atoms with Crippen LogP contribution in [0.3, 0.4) is 0 Å². The van der Waals surface area contributed by atoms with E-state index >= 15 is 0 Å². The van der Waals surface area contributed by atoms with Crippen LogP contribution in [-0.2, 0) is 6.61 Å². The van der Waals surface area contributed by atoms with Crippen molar-refractivity contribution in [3.05, 3.63) is 63.9 Å². The topological polar surface area (TPSA) is 53.2 Å². The number of hydrogen-bond acceptors (Lipinski definition) is 3. The SMILES string of the molecule is C[C@@H](O)c1cc(Cl)ccc1OCc1cc(C#N)ccc1F. The summed E-state index contributed by atoms with van der Waals surface area (Å²) >= 11 is 5.88. The lowest BCUT2D eigenvalue weighted by Crippen LogP contribution is -2.03. The Kier molecular flexibility index (Phi) is 4.79. The van der Waals surface area contributed by atoms with Gasteiger partial charge in [0.2, 0.25) is 0 Å². The average molecular weight is 306 g/mol. The zero-order chi connectivity index (χ0) is 15.4. The summed E-state index contributed by atoms with van der Waals surface area (Å²) in [6.07, 6.45) is -0.756. The summed E-state index contributed by atoms with van der Waals surface area (Å²) < 4.78 is 19.2. The van der Waals surface area contributed by atoms with Gasteiger partial charge >= 0.3 is 0 Å². The van der Waals surface area contributed by atoms with Crippen molar-refractivity contribution in [1.82, 2.24) is 0 Å². The lowest BCUT2D eigenvalue weighted by Gasteiger charge is -2.14. The van der Waals surface area contributed by atoms with Crippen LogP contribution in [0.2, 0.25) is 5.02 Å². The fourth-order valence-corrected chi connectivity index (χ4v) is 2.07. The highest BCUT2D eigenvalue weighted by atomic mass is 35.5. The molecule has 0 aliphatic heterocycles. The maximum absolute atomic E-state index is 13.7. The van der Waals surface area contributed by atoms with Gasteiger partial charge in [0.25, 0.3) is 0 Å². The van der Waals surface area contributed by atoms with Gasteiger partial charge in [-0.25, -0.2) is 4.39 Å². The average Bonchev–Trinajstić information content (AvgIpc) is 2.47. The first kappa shape index (κ1) is 15.3. The Bertz CT molecular complexity index is 695. The van der Waals surface area contributed by atoms with Gasteiger partial charge in [0.15, 0.2) is 0 Å². The second-order valence-electron chi connectivity index (χ2n) is 4.56. The van der Waals surface area contributed by atoms with E-state index in [1.807, 2.05) is 6.07 Å². The van der Waals surface area contributed by atoms with Crippen molar-refractivity contribution in [3.63, 3.8) is 0 Å². The number of benzene rings is 2. The molecule has 5 heteroatoms. The van der Waals surface area contributed by atoms with Crippen molar-refractivity contribution in [2.24, 2.45) is 0 Å². The van der Waals surface area contributed by atoms with Gasteiger partial charge in [-0.2, -0.15) is 5.26 Å². The molecule has 0 spiro atoms. The molecular weight excluding hydrogens is 293 g/mol. The van der Waals surface area contributed by atoms with E-state index in [0.717, 1.165) is 0 Å². The van der Waals surface area contributed by atoms with E-state index in [9.17, 15) is 9.50 Å². The lowest BCUT2D eigenvalue weighted by molar-refractivity contribution is 0.190. The molecule has 0 unspecified atom stereocenters. The molecule has 0 bridgehead atoms. The predicted molar refractivity (Wildman–Crippen MR) is 77.5 cm³/mol. The van der Waals surface area contributed by atoms with E-state index in [4.69, 9.17) is 21.6 Å². The van der Waals surface area contributed by atoms with Crippen LogP contribution in [0.4, 0.5) is 4.39 Å². The van der Waals surface area contributed by atoms with Gasteiger partial charge in [0, 0.05) is 16.1 Å². The maximum atomic E-state index is 13.7. The molecule has 21 heavy (non-hydrogen) atoms. The van der Waals surface area contributed by atoms with E-state index in [-0.39, 0.29) is 12.2 Å². The quantitative estimate of drug-likeness (QED) is 0.929. The first-order valence-electron chi connectivity index (χ1n) is 6.30. The number of hydrogen-bond donors (Lipinski definition) is 1. The Morgan fingerprint density at radius 1 is 1.33 bits per heavy atom. The minimum Gasteiger partial charge on any atom is -0.488 e. The summed E-state index contributed by atoms with van der Waals surface area (Å²) in [5, 5.41) is 19.0. The highest BCUT2D eigenvalue weighted by Gasteiger charge is 2.11. The number of aliphatic hydroxyl groups is 1. The van der Waals surface area contributed by atoms with Gasteiger partial charge < -0.3 is 9.84 Å². The maximum Gasteiger partial charge on any atom is 0.129 e.